The summed E-state index contributed by atoms with van der Waals surface area (Å²) < 4.78 is 12.3. The number of hydrogen-bond acceptors (Lipinski definition) is 6. The Hall–Kier alpha value is -3.48. The normalized spacial score (nSPS) is 11.9. The lowest BCUT2D eigenvalue weighted by molar-refractivity contribution is 0.0319. The molecule has 0 fully saturated rings. The monoisotopic (exact) mass is 408 g/mol. The number of fused-ring (bicyclic) bond motifs is 1. The van der Waals surface area contributed by atoms with Gasteiger partial charge in [0.15, 0.2) is 6.10 Å². The zero-order valence-electron chi connectivity index (χ0n) is 17.5. The van der Waals surface area contributed by atoms with Crippen LogP contribution in [0.4, 0.5) is 0 Å². The van der Waals surface area contributed by atoms with Gasteiger partial charge in [0.25, 0.3) is 5.56 Å². The minimum Gasteiger partial charge on any atom is -0.494 e. The molecular weight excluding hydrogens is 384 g/mol. The number of Topliss-reactive ketones (excluding diaryl/α,β-unsaturated/α-hetero) is 1. The highest BCUT2D eigenvalue weighted by molar-refractivity contribution is 6.02. The van der Waals surface area contributed by atoms with Gasteiger partial charge in [-0.05, 0) is 70.2 Å². The molecule has 156 valence electrons. The van der Waals surface area contributed by atoms with Crippen molar-refractivity contribution in [3.63, 3.8) is 0 Å². The second kappa shape index (κ2) is 8.90. The average Bonchev–Trinajstić information content (AvgIpc) is 2.74. The number of aromatic nitrogens is 2. The van der Waals surface area contributed by atoms with E-state index in [1.807, 2.05) is 13.8 Å². The Balaban J connectivity index is 1.79. The summed E-state index contributed by atoms with van der Waals surface area (Å²) in [6.45, 7) is 7.96. The maximum atomic E-state index is 12.6. The summed E-state index contributed by atoms with van der Waals surface area (Å²) in [4.78, 5) is 41.7. The maximum absolute atomic E-state index is 12.6. The topological polar surface area (TPSA) is 87.5 Å². The highest BCUT2D eigenvalue weighted by atomic mass is 16.5. The van der Waals surface area contributed by atoms with Gasteiger partial charge >= 0.3 is 5.97 Å². The third kappa shape index (κ3) is 4.25. The van der Waals surface area contributed by atoms with E-state index in [2.05, 4.69) is 4.98 Å². The molecule has 0 N–H and O–H groups in total. The van der Waals surface area contributed by atoms with Gasteiger partial charge in [0.05, 0.1) is 23.2 Å². The second-order valence-electron chi connectivity index (χ2n) is 6.82. The quantitative estimate of drug-likeness (QED) is 0.439. The molecule has 0 unspecified atom stereocenters. The van der Waals surface area contributed by atoms with Crippen LogP contribution in [0, 0.1) is 6.92 Å². The Morgan fingerprint density at radius 3 is 2.37 bits per heavy atom. The zero-order valence-corrected chi connectivity index (χ0v) is 17.5. The van der Waals surface area contributed by atoms with Crippen LogP contribution >= 0.6 is 0 Å². The minimum absolute atomic E-state index is 0.157. The molecule has 0 bridgehead atoms. The smallest absolute Gasteiger partial charge is 0.338 e. The molecule has 3 aromatic rings. The summed E-state index contributed by atoms with van der Waals surface area (Å²) in [7, 11) is 0. The first-order chi connectivity index (χ1) is 14.3. The Labute approximate surface area is 174 Å². The predicted octanol–water partition coefficient (Wildman–Crippen LogP) is 3.55. The van der Waals surface area contributed by atoms with Gasteiger partial charge in [-0.1, -0.05) is 0 Å². The summed E-state index contributed by atoms with van der Waals surface area (Å²) in [6.07, 6.45) is -0.953. The SMILES string of the molecule is CCOc1ccc(C(=O)[C@@H](C)OC(=O)c2ccc3c(c2)nc(C)c(=O)n3CC)cc1. The van der Waals surface area contributed by atoms with Gasteiger partial charge < -0.3 is 14.0 Å². The third-order valence-corrected chi connectivity index (χ3v) is 4.76. The number of ketones is 1. The Morgan fingerprint density at radius 2 is 1.73 bits per heavy atom. The fraction of sp³-hybridized carbons (Fsp3) is 0.304. The van der Waals surface area contributed by atoms with Crippen LogP contribution in [0.3, 0.4) is 0 Å². The van der Waals surface area contributed by atoms with Gasteiger partial charge in [-0.15, -0.1) is 0 Å². The standard InChI is InChI=1S/C23H24N2O5/c1-5-25-20-12-9-17(13-19(20)24-14(3)22(25)27)23(28)30-15(4)21(26)16-7-10-18(11-8-16)29-6-2/h7-13,15H,5-6H2,1-4H3/t15-/m1/s1. The average molecular weight is 408 g/mol. The van der Waals surface area contributed by atoms with Gasteiger partial charge in [0.1, 0.15) is 11.4 Å². The Morgan fingerprint density at radius 1 is 1.07 bits per heavy atom. The Kier molecular flexibility index (Phi) is 6.30. The number of carbonyl (C=O) groups excluding carboxylic acids is 2. The van der Waals surface area contributed by atoms with Gasteiger partial charge in [-0.2, -0.15) is 0 Å². The van der Waals surface area contributed by atoms with E-state index in [0.29, 0.717) is 41.2 Å². The molecule has 0 aliphatic rings. The van der Waals surface area contributed by atoms with E-state index < -0.39 is 12.1 Å². The summed E-state index contributed by atoms with van der Waals surface area (Å²) in [5.41, 5.74) is 2.06. The number of nitrogens with zero attached hydrogens (tertiary/aromatic N) is 2. The van der Waals surface area contributed by atoms with E-state index in [1.54, 1.807) is 54.0 Å². The Bertz CT molecular complexity index is 1150. The van der Waals surface area contributed by atoms with Gasteiger partial charge in [0, 0.05) is 12.1 Å². The molecule has 2 aromatic carbocycles. The highest BCUT2D eigenvalue weighted by Crippen LogP contribution is 2.17. The van der Waals surface area contributed by atoms with Gasteiger partial charge in [-0.3, -0.25) is 9.59 Å². The van der Waals surface area contributed by atoms with Crippen molar-refractivity contribution in [1.82, 2.24) is 9.55 Å². The predicted molar refractivity (Wildman–Crippen MR) is 113 cm³/mol. The fourth-order valence-electron chi connectivity index (χ4n) is 3.21. The molecule has 0 saturated heterocycles. The molecule has 0 aliphatic heterocycles. The van der Waals surface area contributed by atoms with Crippen LogP contribution < -0.4 is 10.3 Å². The van der Waals surface area contributed by atoms with Crippen molar-refractivity contribution < 1.29 is 19.1 Å². The van der Waals surface area contributed by atoms with Crippen LogP contribution in [0.2, 0.25) is 0 Å². The molecule has 7 nitrogen and oxygen atoms in total. The van der Waals surface area contributed by atoms with Crippen molar-refractivity contribution in [3.8, 4) is 5.75 Å². The molecule has 3 rings (SSSR count). The number of ether oxygens (including phenoxy) is 2. The molecule has 0 amide bonds. The van der Waals surface area contributed by atoms with Crippen LogP contribution in [0.25, 0.3) is 11.0 Å². The number of esters is 1. The van der Waals surface area contributed by atoms with E-state index in [9.17, 15) is 14.4 Å². The van der Waals surface area contributed by atoms with Crippen molar-refractivity contribution in [2.75, 3.05) is 6.61 Å². The first-order valence-corrected chi connectivity index (χ1v) is 9.85. The lowest BCUT2D eigenvalue weighted by Gasteiger charge is -2.14. The highest BCUT2D eigenvalue weighted by Gasteiger charge is 2.21. The number of benzene rings is 2. The minimum atomic E-state index is -0.953. The third-order valence-electron chi connectivity index (χ3n) is 4.76. The molecular formula is C23H24N2O5. The first-order valence-electron chi connectivity index (χ1n) is 9.85. The van der Waals surface area contributed by atoms with E-state index in [4.69, 9.17) is 9.47 Å². The van der Waals surface area contributed by atoms with Crippen molar-refractivity contribution >= 4 is 22.8 Å². The number of aryl methyl sites for hydroxylation is 2. The van der Waals surface area contributed by atoms with E-state index in [1.165, 1.54) is 6.92 Å². The zero-order chi connectivity index (χ0) is 21.8. The van der Waals surface area contributed by atoms with Crippen molar-refractivity contribution in [1.29, 1.82) is 0 Å². The van der Waals surface area contributed by atoms with Gasteiger partial charge in [-0.25, -0.2) is 9.78 Å². The second-order valence-corrected chi connectivity index (χ2v) is 6.82. The molecule has 7 heteroatoms. The summed E-state index contributed by atoms with van der Waals surface area (Å²) in [6, 6.07) is 11.5. The summed E-state index contributed by atoms with van der Waals surface area (Å²) >= 11 is 0. The van der Waals surface area contributed by atoms with Crippen molar-refractivity contribution in [2.45, 2.75) is 40.3 Å². The summed E-state index contributed by atoms with van der Waals surface area (Å²) in [5, 5.41) is 0. The molecule has 0 spiro atoms. The van der Waals surface area contributed by atoms with Crippen LogP contribution in [0.1, 0.15) is 47.2 Å². The van der Waals surface area contributed by atoms with E-state index >= 15 is 0 Å². The lowest BCUT2D eigenvalue weighted by atomic mass is 10.1. The number of hydrogen-bond donors (Lipinski definition) is 0. The molecule has 1 aromatic heterocycles. The van der Waals surface area contributed by atoms with Gasteiger partial charge in [0.2, 0.25) is 5.78 Å². The summed E-state index contributed by atoms with van der Waals surface area (Å²) in [5.74, 6) is -0.262. The van der Waals surface area contributed by atoms with Crippen LogP contribution in [0.5, 0.6) is 5.75 Å². The molecule has 0 radical (unpaired) electrons. The number of carbonyl (C=O) groups is 2. The first kappa shape index (κ1) is 21.2. The maximum Gasteiger partial charge on any atom is 0.338 e. The number of rotatable bonds is 7. The molecule has 1 atom stereocenters. The lowest BCUT2D eigenvalue weighted by Crippen LogP contribution is -2.25. The van der Waals surface area contributed by atoms with Crippen LogP contribution in [-0.4, -0.2) is 34.0 Å². The van der Waals surface area contributed by atoms with Crippen molar-refractivity contribution in [3.05, 3.63) is 69.6 Å². The van der Waals surface area contributed by atoms with E-state index in [0.717, 1.165) is 0 Å². The molecule has 1 heterocycles. The van der Waals surface area contributed by atoms with E-state index in [-0.39, 0.29) is 16.9 Å². The van der Waals surface area contributed by atoms with Crippen LogP contribution in [-0.2, 0) is 11.3 Å². The largest absolute Gasteiger partial charge is 0.494 e. The fourth-order valence-corrected chi connectivity index (χ4v) is 3.21. The molecule has 0 aliphatic carbocycles. The van der Waals surface area contributed by atoms with Crippen LogP contribution in [0.15, 0.2) is 47.3 Å². The molecule has 30 heavy (non-hydrogen) atoms. The van der Waals surface area contributed by atoms with Crippen molar-refractivity contribution in [2.24, 2.45) is 0 Å². The molecule has 0 saturated carbocycles.